The molecule has 2 aromatic heterocycles. The SMILES string of the molecule is CCNC(C)c1ncc(-c2cc3ccc(F)cc3s2)o1. The molecule has 0 radical (unpaired) electrons. The van der Waals surface area contributed by atoms with Crippen molar-refractivity contribution in [3.8, 4) is 10.6 Å². The summed E-state index contributed by atoms with van der Waals surface area (Å²) in [6, 6.07) is 6.88. The van der Waals surface area contributed by atoms with Gasteiger partial charge in [0.05, 0.1) is 17.1 Å². The van der Waals surface area contributed by atoms with Crippen LogP contribution in [0.4, 0.5) is 4.39 Å². The average molecular weight is 290 g/mol. The zero-order valence-corrected chi connectivity index (χ0v) is 12.1. The Morgan fingerprint density at radius 1 is 1.40 bits per heavy atom. The van der Waals surface area contributed by atoms with E-state index in [-0.39, 0.29) is 11.9 Å². The molecule has 1 unspecified atom stereocenters. The zero-order chi connectivity index (χ0) is 14.1. The van der Waals surface area contributed by atoms with Gasteiger partial charge in [0.2, 0.25) is 5.89 Å². The summed E-state index contributed by atoms with van der Waals surface area (Å²) in [6.45, 7) is 4.92. The molecule has 3 rings (SSSR count). The zero-order valence-electron chi connectivity index (χ0n) is 11.3. The van der Waals surface area contributed by atoms with E-state index in [2.05, 4.69) is 10.3 Å². The van der Waals surface area contributed by atoms with Crippen LogP contribution in [-0.4, -0.2) is 11.5 Å². The van der Waals surface area contributed by atoms with E-state index in [0.717, 1.165) is 27.3 Å². The highest BCUT2D eigenvalue weighted by molar-refractivity contribution is 7.22. The van der Waals surface area contributed by atoms with Crippen molar-refractivity contribution in [1.29, 1.82) is 0 Å². The van der Waals surface area contributed by atoms with Gasteiger partial charge in [-0.1, -0.05) is 13.0 Å². The Morgan fingerprint density at radius 3 is 3.05 bits per heavy atom. The molecule has 0 saturated heterocycles. The van der Waals surface area contributed by atoms with Crippen LogP contribution in [0.1, 0.15) is 25.8 Å². The number of hydrogen-bond acceptors (Lipinski definition) is 4. The van der Waals surface area contributed by atoms with Gasteiger partial charge in [-0.25, -0.2) is 9.37 Å². The largest absolute Gasteiger partial charge is 0.438 e. The van der Waals surface area contributed by atoms with Crippen LogP contribution in [-0.2, 0) is 0 Å². The summed E-state index contributed by atoms with van der Waals surface area (Å²) in [5.74, 6) is 1.18. The fourth-order valence-electron chi connectivity index (χ4n) is 2.12. The van der Waals surface area contributed by atoms with Crippen LogP contribution in [0.2, 0.25) is 0 Å². The van der Waals surface area contributed by atoms with Gasteiger partial charge in [0, 0.05) is 4.70 Å². The molecule has 5 heteroatoms. The molecule has 3 aromatic rings. The molecule has 20 heavy (non-hydrogen) atoms. The highest BCUT2D eigenvalue weighted by Gasteiger charge is 2.14. The molecule has 0 aliphatic rings. The van der Waals surface area contributed by atoms with Crippen LogP contribution in [0.15, 0.2) is 34.9 Å². The van der Waals surface area contributed by atoms with Crippen molar-refractivity contribution in [3.05, 3.63) is 42.2 Å². The first-order chi connectivity index (χ1) is 9.67. The van der Waals surface area contributed by atoms with Crippen LogP contribution in [0.3, 0.4) is 0 Å². The molecule has 3 nitrogen and oxygen atoms in total. The van der Waals surface area contributed by atoms with Crippen LogP contribution in [0, 0.1) is 5.82 Å². The van der Waals surface area contributed by atoms with E-state index in [9.17, 15) is 4.39 Å². The minimum absolute atomic E-state index is 0.0839. The molecule has 0 amide bonds. The molecule has 1 N–H and O–H groups in total. The Balaban J connectivity index is 1.94. The quantitative estimate of drug-likeness (QED) is 0.775. The lowest BCUT2D eigenvalue weighted by molar-refractivity contribution is 0.429. The number of thiophene rings is 1. The van der Waals surface area contributed by atoms with E-state index < -0.39 is 0 Å². The predicted octanol–water partition coefficient (Wildman–Crippen LogP) is 4.37. The van der Waals surface area contributed by atoms with E-state index in [1.165, 1.54) is 17.4 Å². The van der Waals surface area contributed by atoms with E-state index in [4.69, 9.17) is 4.42 Å². The van der Waals surface area contributed by atoms with Gasteiger partial charge in [0.25, 0.3) is 0 Å². The molecular formula is C15H15FN2OS. The predicted molar refractivity (Wildman–Crippen MR) is 79.4 cm³/mol. The summed E-state index contributed by atoms with van der Waals surface area (Å²) >= 11 is 1.51. The van der Waals surface area contributed by atoms with E-state index in [1.807, 2.05) is 19.9 Å². The minimum Gasteiger partial charge on any atom is -0.438 e. The van der Waals surface area contributed by atoms with Crippen molar-refractivity contribution >= 4 is 21.4 Å². The maximum atomic E-state index is 13.2. The lowest BCUT2D eigenvalue weighted by Crippen LogP contribution is -2.17. The van der Waals surface area contributed by atoms with Crippen molar-refractivity contribution in [2.45, 2.75) is 19.9 Å². The molecule has 1 atom stereocenters. The number of benzene rings is 1. The van der Waals surface area contributed by atoms with Crippen molar-refractivity contribution in [2.75, 3.05) is 6.54 Å². The van der Waals surface area contributed by atoms with Crippen LogP contribution < -0.4 is 5.32 Å². The lowest BCUT2D eigenvalue weighted by Gasteiger charge is -2.06. The lowest BCUT2D eigenvalue weighted by atomic mass is 10.2. The van der Waals surface area contributed by atoms with Crippen molar-refractivity contribution in [3.63, 3.8) is 0 Å². The molecule has 0 saturated carbocycles. The van der Waals surface area contributed by atoms with Gasteiger partial charge in [-0.3, -0.25) is 0 Å². The summed E-state index contributed by atoms with van der Waals surface area (Å²) in [6.07, 6.45) is 1.73. The fraction of sp³-hybridized carbons (Fsp3) is 0.267. The van der Waals surface area contributed by atoms with Crippen molar-refractivity contribution in [2.24, 2.45) is 0 Å². The molecule has 0 fully saturated rings. The maximum Gasteiger partial charge on any atom is 0.211 e. The van der Waals surface area contributed by atoms with Gasteiger partial charge in [-0.15, -0.1) is 11.3 Å². The Hall–Kier alpha value is -1.72. The summed E-state index contributed by atoms with van der Waals surface area (Å²) in [5.41, 5.74) is 0. The van der Waals surface area contributed by atoms with Gasteiger partial charge < -0.3 is 9.73 Å². The smallest absolute Gasteiger partial charge is 0.211 e. The summed E-state index contributed by atoms with van der Waals surface area (Å²) in [7, 11) is 0. The summed E-state index contributed by atoms with van der Waals surface area (Å²) in [4.78, 5) is 5.27. The second-order valence-electron chi connectivity index (χ2n) is 4.63. The normalized spacial score (nSPS) is 12.9. The van der Waals surface area contributed by atoms with Crippen LogP contribution in [0.25, 0.3) is 20.7 Å². The summed E-state index contributed by atoms with van der Waals surface area (Å²) in [5, 5.41) is 4.28. The number of nitrogens with zero attached hydrogens (tertiary/aromatic N) is 1. The number of halogens is 1. The Bertz CT molecular complexity index is 734. The molecular weight excluding hydrogens is 275 g/mol. The summed E-state index contributed by atoms with van der Waals surface area (Å²) < 4.78 is 19.9. The van der Waals surface area contributed by atoms with Crippen molar-refractivity contribution < 1.29 is 8.81 Å². The third kappa shape index (κ3) is 2.46. The van der Waals surface area contributed by atoms with Crippen molar-refractivity contribution in [1.82, 2.24) is 10.3 Å². The molecule has 0 spiro atoms. The Kier molecular flexibility index (Phi) is 3.54. The van der Waals surface area contributed by atoms with E-state index >= 15 is 0 Å². The highest BCUT2D eigenvalue weighted by atomic mass is 32.1. The third-order valence-electron chi connectivity index (χ3n) is 3.13. The van der Waals surface area contributed by atoms with E-state index in [0.29, 0.717) is 5.89 Å². The second kappa shape index (κ2) is 5.34. The van der Waals surface area contributed by atoms with Gasteiger partial charge >= 0.3 is 0 Å². The molecule has 0 aliphatic carbocycles. The molecule has 0 bridgehead atoms. The number of fused-ring (bicyclic) bond motifs is 1. The highest BCUT2D eigenvalue weighted by Crippen LogP contribution is 2.34. The van der Waals surface area contributed by atoms with Gasteiger partial charge in [-0.2, -0.15) is 0 Å². The average Bonchev–Trinajstić information content (AvgIpc) is 3.04. The first-order valence-electron chi connectivity index (χ1n) is 6.56. The fourth-order valence-corrected chi connectivity index (χ4v) is 3.16. The number of aromatic nitrogens is 1. The number of nitrogens with one attached hydrogen (secondary N) is 1. The van der Waals surface area contributed by atoms with E-state index in [1.54, 1.807) is 18.3 Å². The second-order valence-corrected chi connectivity index (χ2v) is 5.72. The number of oxazole rings is 1. The maximum absolute atomic E-state index is 13.2. The molecule has 1 aromatic carbocycles. The topological polar surface area (TPSA) is 38.1 Å². The minimum atomic E-state index is -0.218. The van der Waals surface area contributed by atoms with Gasteiger partial charge in [-0.05, 0) is 37.1 Å². The monoisotopic (exact) mass is 290 g/mol. The molecule has 104 valence electrons. The Morgan fingerprint density at radius 2 is 2.25 bits per heavy atom. The third-order valence-corrected chi connectivity index (χ3v) is 4.24. The van der Waals surface area contributed by atoms with Crippen LogP contribution >= 0.6 is 11.3 Å². The first kappa shape index (κ1) is 13.3. The Labute approximate surface area is 120 Å². The molecule has 0 aliphatic heterocycles. The molecule has 2 heterocycles. The first-order valence-corrected chi connectivity index (χ1v) is 7.37. The standard InChI is InChI=1S/C15H15FN2OS/c1-3-17-9(2)15-18-8-12(19-15)14-6-10-4-5-11(16)7-13(10)20-14/h4-9,17H,3H2,1-2H3. The number of hydrogen-bond donors (Lipinski definition) is 1. The van der Waals surface area contributed by atoms with Crippen LogP contribution in [0.5, 0.6) is 0 Å². The van der Waals surface area contributed by atoms with Gasteiger partial charge in [0.1, 0.15) is 5.82 Å². The van der Waals surface area contributed by atoms with Gasteiger partial charge in [0.15, 0.2) is 5.76 Å². The number of rotatable bonds is 4.